The summed E-state index contributed by atoms with van der Waals surface area (Å²) >= 11 is 3.43. The van der Waals surface area contributed by atoms with Crippen LogP contribution in [0.15, 0.2) is 4.60 Å². The lowest BCUT2D eigenvalue weighted by molar-refractivity contribution is 0.164. The van der Waals surface area contributed by atoms with Gasteiger partial charge in [0, 0.05) is 7.05 Å². The lowest BCUT2D eigenvalue weighted by Crippen LogP contribution is -2.35. The maximum absolute atomic E-state index is 6.42. The predicted octanol–water partition coefficient (Wildman–Crippen LogP) is 2.55. The summed E-state index contributed by atoms with van der Waals surface area (Å²) in [5.41, 5.74) is 7.63. The Labute approximate surface area is 105 Å². The first kappa shape index (κ1) is 12.0. The molecule has 1 heterocycles. The molecule has 0 aromatic carbocycles. The van der Waals surface area contributed by atoms with Crippen molar-refractivity contribution in [3.05, 3.63) is 10.3 Å². The van der Waals surface area contributed by atoms with Crippen molar-refractivity contribution in [2.75, 3.05) is 0 Å². The second-order valence-electron chi connectivity index (χ2n) is 5.08. The van der Waals surface area contributed by atoms with E-state index in [4.69, 9.17) is 5.73 Å². The van der Waals surface area contributed by atoms with Crippen LogP contribution in [0.3, 0.4) is 0 Å². The van der Waals surface area contributed by atoms with Gasteiger partial charge in [-0.1, -0.05) is 31.4 Å². The average Bonchev–Trinajstić information content (AvgIpc) is 2.59. The van der Waals surface area contributed by atoms with Gasteiger partial charge in [0.2, 0.25) is 0 Å². The third-order valence-corrected chi connectivity index (χ3v) is 4.43. The highest BCUT2D eigenvalue weighted by atomic mass is 79.9. The van der Waals surface area contributed by atoms with Crippen molar-refractivity contribution in [2.24, 2.45) is 18.2 Å². The van der Waals surface area contributed by atoms with Gasteiger partial charge in [-0.25, -0.2) is 4.68 Å². The lowest BCUT2D eigenvalue weighted by Gasteiger charge is -2.38. The Hall–Kier alpha value is -0.420. The Morgan fingerprint density at radius 1 is 1.38 bits per heavy atom. The monoisotopic (exact) mass is 286 g/mol. The fourth-order valence-corrected chi connectivity index (χ4v) is 3.24. The predicted molar refractivity (Wildman–Crippen MR) is 66.8 cm³/mol. The summed E-state index contributed by atoms with van der Waals surface area (Å²) in [6.45, 7) is 2.29. The van der Waals surface area contributed by atoms with Gasteiger partial charge < -0.3 is 5.73 Å². The van der Waals surface area contributed by atoms with Crippen molar-refractivity contribution in [1.29, 1.82) is 0 Å². The number of halogens is 1. The van der Waals surface area contributed by atoms with E-state index in [0.29, 0.717) is 0 Å². The Kier molecular flexibility index (Phi) is 3.35. The van der Waals surface area contributed by atoms with E-state index in [9.17, 15) is 0 Å². The molecule has 16 heavy (non-hydrogen) atoms. The molecule has 0 radical (unpaired) electrons. The Morgan fingerprint density at radius 3 is 2.50 bits per heavy atom. The molecule has 1 unspecified atom stereocenters. The number of hydrogen-bond donors (Lipinski definition) is 1. The van der Waals surface area contributed by atoms with E-state index in [1.54, 1.807) is 4.68 Å². The molecule has 1 aromatic rings. The van der Waals surface area contributed by atoms with E-state index in [1.165, 1.54) is 32.1 Å². The van der Waals surface area contributed by atoms with E-state index in [0.717, 1.165) is 10.3 Å². The Bertz CT molecular complexity index is 349. The smallest absolute Gasteiger partial charge is 0.153 e. The molecule has 0 aliphatic heterocycles. The third-order valence-electron chi connectivity index (χ3n) is 3.87. The minimum absolute atomic E-state index is 0.0159. The number of aromatic nitrogens is 3. The first-order valence-electron chi connectivity index (χ1n) is 5.85. The fourth-order valence-electron chi connectivity index (χ4n) is 2.67. The molecule has 90 valence electrons. The van der Waals surface area contributed by atoms with Crippen LogP contribution in [0.2, 0.25) is 0 Å². The minimum Gasteiger partial charge on any atom is -0.322 e. The van der Waals surface area contributed by atoms with E-state index in [-0.39, 0.29) is 11.5 Å². The van der Waals surface area contributed by atoms with Gasteiger partial charge in [0.1, 0.15) is 0 Å². The summed E-state index contributed by atoms with van der Waals surface area (Å²) in [4.78, 5) is 0. The molecule has 0 spiro atoms. The standard InChI is InChI=1S/C11H19BrN4/c1-11(6-4-3-5-7-11)9(13)8-10(12)14-15-16(8)2/h9H,3-7,13H2,1-2H3. The van der Waals surface area contributed by atoms with Gasteiger partial charge in [0.15, 0.2) is 4.60 Å². The van der Waals surface area contributed by atoms with E-state index in [2.05, 4.69) is 33.2 Å². The zero-order valence-corrected chi connectivity index (χ0v) is 11.5. The second kappa shape index (κ2) is 4.45. The van der Waals surface area contributed by atoms with Crippen molar-refractivity contribution in [3.63, 3.8) is 0 Å². The van der Waals surface area contributed by atoms with Crippen molar-refractivity contribution in [1.82, 2.24) is 15.0 Å². The summed E-state index contributed by atoms with van der Waals surface area (Å²) in [6, 6.07) is 0.0159. The largest absolute Gasteiger partial charge is 0.322 e. The molecule has 1 aliphatic carbocycles. The Morgan fingerprint density at radius 2 is 2.00 bits per heavy atom. The normalized spacial score (nSPS) is 22.0. The minimum atomic E-state index is 0.0159. The van der Waals surface area contributed by atoms with Crippen molar-refractivity contribution in [2.45, 2.75) is 45.1 Å². The van der Waals surface area contributed by atoms with Crippen LogP contribution in [0.25, 0.3) is 0 Å². The molecule has 1 aliphatic rings. The number of aryl methyl sites for hydroxylation is 1. The molecule has 0 bridgehead atoms. The van der Waals surface area contributed by atoms with Crippen LogP contribution in [0.1, 0.15) is 50.8 Å². The highest BCUT2D eigenvalue weighted by Crippen LogP contribution is 2.45. The van der Waals surface area contributed by atoms with Crippen LogP contribution in [-0.4, -0.2) is 15.0 Å². The molecule has 1 atom stereocenters. The highest BCUT2D eigenvalue weighted by molar-refractivity contribution is 9.10. The van der Waals surface area contributed by atoms with E-state index >= 15 is 0 Å². The number of rotatable bonds is 2. The van der Waals surface area contributed by atoms with Gasteiger partial charge in [-0.05, 0) is 34.2 Å². The zero-order valence-electron chi connectivity index (χ0n) is 9.91. The summed E-state index contributed by atoms with van der Waals surface area (Å²) in [5, 5.41) is 8.02. The lowest BCUT2D eigenvalue weighted by atomic mass is 9.70. The summed E-state index contributed by atoms with van der Waals surface area (Å²) in [7, 11) is 1.90. The Balaban J connectivity index is 2.27. The molecule has 4 nitrogen and oxygen atoms in total. The molecule has 1 saturated carbocycles. The quantitative estimate of drug-likeness (QED) is 0.909. The van der Waals surface area contributed by atoms with Crippen LogP contribution in [0.4, 0.5) is 0 Å². The van der Waals surface area contributed by atoms with E-state index < -0.39 is 0 Å². The molecule has 2 rings (SSSR count). The molecule has 1 fully saturated rings. The third kappa shape index (κ3) is 2.02. The van der Waals surface area contributed by atoms with Crippen molar-refractivity contribution in [3.8, 4) is 0 Å². The first-order valence-corrected chi connectivity index (χ1v) is 6.64. The van der Waals surface area contributed by atoms with Gasteiger partial charge >= 0.3 is 0 Å². The topological polar surface area (TPSA) is 56.7 Å². The van der Waals surface area contributed by atoms with Crippen LogP contribution in [0.5, 0.6) is 0 Å². The maximum atomic E-state index is 6.42. The SMILES string of the molecule is Cn1nnc(Br)c1C(N)C1(C)CCCCC1. The number of hydrogen-bond acceptors (Lipinski definition) is 3. The van der Waals surface area contributed by atoms with Gasteiger partial charge in [-0.2, -0.15) is 0 Å². The maximum Gasteiger partial charge on any atom is 0.153 e. The first-order chi connectivity index (χ1) is 7.54. The molecular weight excluding hydrogens is 268 g/mol. The molecular formula is C11H19BrN4. The fraction of sp³-hybridized carbons (Fsp3) is 0.818. The van der Waals surface area contributed by atoms with Gasteiger partial charge in [0.05, 0.1) is 11.7 Å². The molecule has 0 saturated heterocycles. The molecule has 2 N–H and O–H groups in total. The van der Waals surface area contributed by atoms with Crippen molar-refractivity contribution >= 4 is 15.9 Å². The molecule has 1 aromatic heterocycles. The number of nitrogens with two attached hydrogens (primary N) is 1. The summed E-state index contributed by atoms with van der Waals surface area (Å²) in [5.74, 6) is 0. The zero-order chi connectivity index (χ0) is 11.8. The second-order valence-corrected chi connectivity index (χ2v) is 5.83. The number of nitrogens with zero attached hydrogens (tertiary/aromatic N) is 3. The van der Waals surface area contributed by atoms with Crippen molar-refractivity contribution < 1.29 is 0 Å². The summed E-state index contributed by atoms with van der Waals surface area (Å²) < 4.78 is 2.57. The van der Waals surface area contributed by atoms with Gasteiger partial charge in [-0.15, -0.1) is 5.10 Å². The average molecular weight is 287 g/mol. The highest BCUT2D eigenvalue weighted by Gasteiger charge is 2.36. The van der Waals surface area contributed by atoms with Crippen LogP contribution in [-0.2, 0) is 7.05 Å². The van der Waals surface area contributed by atoms with E-state index in [1.807, 2.05) is 7.05 Å². The van der Waals surface area contributed by atoms with Gasteiger partial charge in [0.25, 0.3) is 0 Å². The van der Waals surface area contributed by atoms with Crippen LogP contribution < -0.4 is 5.73 Å². The van der Waals surface area contributed by atoms with Crippen LogP contribution >= 0.6 is 15.9 Å². The molecule has 0 amide bonds. The molecule has 5 heteroatoms. The van der Waals surface area contributed by atoms with Gasteiger partial charge in [-0.3, -0.25) is 0 Å². The summed E-state index contributed by atoms with van der Waals surface area (Å²) in [6.07, 6.45) is 6.31. The van der Waals surface area contributed by atoms with Crippen LogP contribution in [0, 0.1) is 5.41 Å².